The third-order valence-corrected chi connectivity index (χ3v) is 4.63. The molecular formula is C17H23F2NO2. The third-order valence-electron chi connectivity index (χ3n) is 4.63. The molecule has 0 aromatic heterocycles. The van der Waals surface area contributed by atoms with Crippen LogP contribution in [0.25, 0.3) is 0 Å². The van der Waals surface area contributed by atoms with Crippen molar-refractivity contribution in [2.45, 2.75) is 63.8 Å². The molecule has 1 fully saturated rings. The molecule has 0 aromatic carbocycles. The van der Waals surface area contributed by atoms with Gasteiger partial charge in [0.1, 0.15) is 0 Å². The Bertz CT molecular complexity index is 505. The zero-order chi connectivity index (χ0) is 16.3. The number of carbonyl (C=O) groups excluding carboxylic acids is 2. The van der Waals surface area contributed by atoms with Gasteiger partial charge in [0.05, 0.1) is 0 Å². The topological polar surface area (TPSA) is 46.2 Å². The standard InChI is InChI=1S/C17H23F2NO2/c1-11-7-8-13(9-15(11)21)12(2)10-17(18,19)16(22)20-14-5-3-4-6-14/h7,13-14H,2-6,8-10H2,1H3,(H,20,22). The van der Waals surface area contributed by atoms with Gasteiger partial charge < -0.3 is 5.32 Å². The predicted molar refractivity (Wildman–Crippen MR) is 80.6 cm³/mol. The number of allylic oxidation sites excluding steroid dienone is 3. The molecule has 2 aliphatic rings. The van der Waals surface area contributed by atoms with Gasteiger partial charge in [0.2, 0.25) is 0 Å². The first-order valence-electron chi connectivity index (χ1n) is 7.86. The largest absolute Gasteiger partial charge is 0.348 e. The van der Waals surface area contributed by atoms with Crippen LogP contribution in [0.3, 0.4) is 0 Å². The Morgan fingerprint density at radius 2 is 2.05 bits per heavy atom. The maximum Gasteiger partial charge on any atom is 0.328 e. The van der Waals surface area contributed by atoms with E-state index in [-0.39, 0.29) is 29.7 Å². The number of hydrogen-bond acceptors (Lipinski definition) is 2. The Labute approximate surface area is 129 Å². The number of amides is 1. The van der Waals surface area contributed by atoms with Gasteiger partial charge in [-0.05, 0) is 37.7 Å². The number of halogens is 2. The molecular weight excluding hydrogens is 288 g/mol. The number of ketones is 1. The minimum atomic E-state index is -3.46. The van der Waals surface area contributed by atoms with Crippen molar-refractivity contribution in [2.24, 2.45) is 5.92 Å². The van der Waals surface area contributed by atoms with Crippen molar-refractivity contribution in [1.82, 2.24) is 5.32 Å². The summed E-state index contributed by atoms with van der Waals surface area (Å²) in [6.07, 6.45) is 5.30. The maximum atomic E-state index is 14.1. The van der Waals surface area contributed by atoms with Gasteiger partial charge in [0.15, 0.2) is 5.78 Å². The van der Waals surface area contributed by atoms with E-state index in [0.717, 1.165) is 25.7 Å². The molecule has 0 radical (unpaired) electrons. The fraction of sp³-hybridized carbons (Fsp3) is 0.647. The van der Waals surface area contributed by atoms with Gasteiger partial charge in [-0.15, -0.1) is 0 Å². The van der Waals surface area contributed by atoms with Crippen molar-refractivity contribution >= 4 is 11.7 Å². The van der Waals surface area contributed by atoms with E-state index in [1.807, 2.05) is 0 Å². The van der Waals surface area contributed by atoms with Crippen molar-refractivity contribution in [3.63, 3.8) is 0 Å². The van der Waals surface area contributed by atoms with Crippen LogP contribution in [0.15, 0.2) is 23.8 Å². The van der Waals surface area contributed by atoms with E-state index in [1.54, 1.807) is 13.0 Å². The lowest BCUT2D eigenvalue weighted by atomic mass is 9.82. The average Bonchev–Trinajstić information content (AvgIpc) is 2.94. The summed E-state index contributed by atoms with van der Waals surface area (Å²) >= 11 is 0. The molecule has 0 aliphatic heterocycles. The molecule has 0 spiro atoms. The molecule has 0 saturated heterocycles. The maximum absolute atomic E-state index is 14.1. The van der Waals surface area contributed by atoms with E-state index >= 15 is 0 Å². The van der Waals surface area contributed by atoms with Crippen LogP contribution in [0.2, 0.25) is 0 Å². The minimum absolute atomic E-state index is 0.0314. The smallest absolute Gasteiger partial charge is 0.328 e. The lowest BCUT2D eigenvalue weighted by Gasteiger charge is -2.25. The molecule has 2 rings (SSSR count). The number of carbonyl (C=O) groups is 2. The van der Waals surface area contributed by atoms with E-state index in [2.05, 4.69) is 11.9 Å². The summed E-state index contributed by atoms with van der Waals surface area (Å²) in [7, 11) is 0. The van der Waals surface area contributed by atoms with Gasteiger partial charge in [-0.1, -0.05) is 31.1 Å². The van der Waals surface area contributed by atoms with Crippen LogP contribution in [-0.2, 0) is 9.59 Å². The highest BCUT2D eigenvalue weighted by Gasteiger charge is 2.41. The fourth-order valence-electron chi connectivity index (χ4n) is 3.08. The Kier molecular flexibility index (Phi) is 5.14. The van der Waals surface area contributed by atoms with E-state index in [4.69, 9.17) is 0 Å². The molecule has 5 heteroatoms. The molecule has 1 N–H and O–H groups in total. The molecule has 1 atom stereocenters. The number of hydrogen-bond donors (Lipinski definition) is 1. The second-order valence-corrected chi connectivity index (χ2v) is 6.44. The molecule has 0 heterocycles. The summed E-state index contributed by atoms with van der Waals surface area (Å²) < 4.78 is 28.2. The van der Waals surface area contributed by atoms with Crippen LogP contribution < -0.4 is 5.32 Å². The van der Waals surface area contributed by atoms with Gasteiger partial charge in [0.25, 0.3) is 5.91 Å². The fourth-order valence-corrected chi connectivity index (χ4v) is 3.08. The van der Waals surface area contributed by atoms with Gasteiger partial charge in [-0.3, -0.25) is 9.59 Å². The summed E-state index contributed by atoms with van der Waals surface area (Å²) in [6, 6.07) is -0.131. The molecule has 1 saturated carbocycles. The molecule has 2 aliphatic carbocycles. The second-order valence-electron chi connectivity index (χ2n) is 6.44. The highest BCUT2D eigenvalue weighted by Crippen LogP contribution is 2.33. The highest BCUT2D eigenvalue weighted by atomic mass is 19.3. The summed E-state index contributed by atoms with van der Waals surface area (Å²) in [5, 5.41) is 2.43. The van der Waals surface area contributed by atoms with Crippen molar-refractivity contribution < 1.29 is 18.4 Å². The third kappa shape index (κ3) is 4.02. The normalized spacial score (nSPS) is 23.3. The van der Waals surface area contributed by atoms with Crippen LogP contribution in [0.4, 0.5) is 8.78 Å². The molecule has 1 amide bonds. The summed E-state index contributed by atoms with van der Waals surface area (Å²) in [5.74, 6) is -4.99. The summed E-state index contributed by atoms with van der Waals surface area (Å²) in [5.41, 5.74) is 0.957. The predicted octanol–water partition coefficient (Wildman–Crippen LogP) is 3.55. The Morgan fingerprint density at radius 1 is 1.41 bits per heavy atom. The van der Waals surface area contributed by atoms with Crippen molar-refractivity contribution in [1.29, 1.82) is 0 Å². The molecule has 122 valence electrons. The molecule has 22 heavy (non-hydrogen) atoms. The molecule has 0 bridgehead atoms. The van der Waals surface area contributed by atoms with Crippen LogP contribution >= 0.6 is 0 Å². The first kappa shape index (κ1) is 16.8. The van der Waals surface area contributed by atoms with E-state index in [9.17, 15) is 18.4 Å². The van der Waals surface area contributed by atoms with Crippen LogP contribution in [0, 0.1) is 5.92 Å². The number of alkyl halides is 2. The Balaban J connectivity index is 1.91. The number of nitrogens with one attached hydrogen (secondary N) is 1. The van der Waals surface area contributed by atoms with E-state index in [0.29, 0.717) is 12.0 Å². The highest BCUT2D eigenvalue weighted by molar-refractivity contribution is 5.95. The van der Waals surface area contributed by atoms with Crippen LogP contribution in [0.5, 0.6) is 0 Å². The zero-order valence-corrected chi connectivity index (χ0v) is 13.0. The minimum Gasteiger partial charge on any atom is -0.348 e. The monoisotopic (exact) mass is 311 g/mol. The van der Waals surface area contributed by atoms with Gasteiger partial charge in [-0.25, -0.2) is 0 Å². The quantitative estimate of drug-likeness (QED) is 0.789. The molecule has 0 aromatic rings. The first-order valence-corrected chi connectivity index (χ1v) is 7.86. The lowest BCUT2D eigenvalue weighted by molar-refractivity contribution is -0.146. The van der Waals surface area contributed by atoms with Gasteiger partial charge >= 0.3 is 5.92 Å². The molecule has 1 unspecified atom stereocenters. The van der Waals surface area contributed by atoms with Gasteiger partial charge in [-0.2, -0.15) is 8.78 Å². The van der Waals surface area contributed by atoms with Crippen LogP contribution in [-0.4, -0.2) is 23.7 Å². The average molecular weight is 311 g/mol. The summed E-state index contributed by atoms with van der Waals surface area (Å²) in [4.78, 5) is 23.4. The lowest BCUT2D eigenvalue weighted by Crippen LogP contribution is -2.44. The SMILES string of the molecule is C=C(CC(F)(F)C(=O)NC1CCCC1)C1CC=C(C)C(=O)C1. The Morgan fingerprint density at radius 3 is 2.64 bits per heavy atom. The van der Waals surface area contributed by atoms with Crippen molar-refractivity contribution in [2.75, 3.05) is 0 Å². The van der Waals surface area contributed by atoms with Crippen LogP contribution in [0.1, 0.15) is 51.9 Å². The van der Waals surface area contributed by atoms with Crippen molar-refractivity contribution in [3.05, 3.63) is 23.8 Å². The first-order chi connectivity index (χ1) is 10.3. The molecule has 3 nitrogen and oxygen atoms in total. The van der Waals surface area contributed by atoms with Gasteiger partial charge in [0, 0.05) is 18.9 Å². The summed E-state index contributed by atoms with van der Waals surface area (Å²) in [6.45, 7) is 5.42. The number of Topliss-reactive ketones (excluding diaryl/α,β-unsaturated/α-hetero) is 1. The van der Waals surface area contributed by atoms with Crippen molar-refractivity contribution in [3.8, 4) is 0 Å². The van der Waals surface area contributed by atoms with E-state index in [1.165, 1.54) is 0 Å². The second kappa shape index (κ2) is 6.71. The zero-order valence-electron chi connectivity index (χ0n) is 13.0. The number of rotatable bonds is 5. The van der Waals surface area contributed by atoms with E-state index < -0.39 is 18.3 Å². The Hall–Kier alpha value is -1.52.